The largest absolute Gasteiger partial charge is 0.372 e. The SMILES string of the molecule is CC1CN(c2nn[nH]n2)CC(C)O1. The zero-order valence-electron chi connectivity index (χ0n) is 7.77. The lowest BCUT2D eigenvalue weighted by Gasteiger charge is -2.34. The van der Waals surface area contributed by atoms with Crippen LogP contribution in [0, 0.1) is 0 Å². The predicted octanol–water partition coefficient (Wildman–Crippen LogP) is -0.187. The van der Waals surface area contributed by atoms with Gasteiger partial charge in [0.25, 0.3) is 5.95 Å². The summed E-state index contributed by atoms with van der Waals surface area (Å²) in [6, 6.07) is 0. The van der Waals surface area contributed by atoms with Gasteiger partial charge < -0.3 is 9.64 Å². The molecule has 6 nitrogen and oxygen atoms in total. The van der Waals surface area contributed by atoms with Gasteiger partial charge in [-0.1, -0.05) is 5.10 Å². The van der Waals surface area contributed by atoms with Gasteiger partial charge in [0.1, 0.15) is 0 Å². The molecule has 1 aliphatic rings. The number of morpholine rings is 1. The summed E-state index contributed by atoms with van der Waals surface area (Å²) in [5.74, 6) is 0.655. The highest BCUT2D eigenvalue weighted by Crippen LogP contribution is 2.14. The highest BCUT2D eigenvalue weighted by Gasteiger charge is 2.24. The van der Waals surface area contributed by atoms with E-state index in [1.54, 1.807) is 0 Å². The second-order valence-electron chi connectivity index (χ2n) is 3.37. The van der Waals surface area contributed by atoms with Crippen molar-refractivity contribution >= 4 is 5.95 Å². The summed E-state index contributed by atoms with van der Waals surface area (Å²) in [5, 5.41) is 13.8. The summed E-state index contributed by atoms with van der Waals surface area (Å²) in [6.45, 7) is 5.74. The number of tetrazole rings is 1. The van der Waals surface area contributed by atoms with Gasteiger partial charge in [-0.3, -0.25) is 0 Å². The Balaban J connectivity index is 2.07. The average Bonchev–Trinajstić information content (AvgIpc) is 2.53. The van der Waals surface area contributed by atoms with Gasteiger partial charge in [0, 0.05) is 13.1 Å². The van der Waals surface area contributed by atoms with E-state index in [9.17, 15) is 0 Å². The number of anilines is 1. The van der Waals surface area contributed by atoms with Crippen LogP contribution in [0.1, 0.15) is 13.8 Å². The molecule has 0 bridgehead atoms. The van der Waals surface area contributed by atoms with E-state index < -0.39 is 0 Å². The minimum atomic E-state index is 0.224. The molecule has 2 unspecified atom stereocenters. The lowest BCUT2D eigenvalue weighted by Crippen LogP contribution is -2.46. The van der Waals surface area contributed by atoms with Crippen molar-refractivity contribution in [3.8, 4) is 0 Å². The van der Waals surface area contributed by atoms with Crippen LogP contribution in [-0.4, -0.2) is 45.9 Å². The molecule has 6 heteroatoms. The van der Waals surface area contributed by atoms with Crippen LogP contribution in [0.2, 0.25) is 0 Å². The topological polar surface area (TPSA) is 66.9 Å². The normalized spacial score (nSPS) is 29.2. The Morgan fingerprint density at radius 1 is 1.38 bits per heavy atom. The molecule has 0 aromatic carbocycles. The summed E-state index contributed by atoms with van der Waals surface area (Å²) in [6.07, 6.45) is 0.449. The molecule has 2 atom stereocenters. The number of nitrogens with zero attached hydrogens (tertiary/aromatic N) is 4. The van der Waals surface area contributed by atoms with E-state index in [0.717, 1.165) is 13.1 Å². The molecule has 1 saturated heterocycles. The Kier molecular flexibility index (Phi) is 2.13. The van der Waals surface area contributed by atoms with Crippen molar-refractivity contribution in [2.45, 2.75) is 26.1 Å². The molecule has 0 radical (unpaired) electrons. The van der Waals surface area contributed by atoms with Crippen LogP contribution in [0.3, 0.4) is 0 Å². The lowest BCUT2D eigenvalue weighted by atomic mass is 10.2. The fourth-order valence-electron chi connectivity index (χ4n) is 1.63. The van der Waals surface area contributed by atoms with Gasteiger partial charge in [-0.2, -0.15) is 5.21 Å². The van der Waals surface area contributed by atoms with Gasteiger partial charge in [-0.15, -0.1) is 5.10 Å². The van der Waals surface area contributed by atoms with Gasteiger partial charge in [0.15, 0.2) is 0 Å². The fraction of sp³-hybridized carbons (Fsp3) is 0.857. The monoisotopic (exact) mass is 183 g/mol. The zero-order chi connectivity index (χ0) is 9.26. The van der Waals surface area contributed by atoms with Crippen molar-refractivity contribution in [1.29, 1.82) is 0 Å². The van der Waals surface area contributed by atoms with Gasteiger partial charge in [-0.25, -0.2) is 0 Å². The van der Waals surface area contributed by atoms with Crippen LogP contribution in [0.15, 0.2) is 0 Å². The second kappa shape index (κ2) is 3.29. The maximum atomic E-state index is 5.59. The third kappa shape index (κ3) is 1.77. The molecule has 1 aromatic heterocycles. The van der Waals surface area contributed by atoms with E-state index in [4.69, 9.17) is 4.74 Å². The van der Waals surface area contributed by atoms with E-state index >= 15 is 0 Å². The van der Waals surface area contributed by atoms with Crippen LogP contribution >= 0.6 is 0 Å². The van der Waals surface area contributed by atoms with E-state index in [2.05, 4.69) is 25.5 Å². The lowest BCUT2D eigenvalue weighted by molar-refractivity contribution is -0.00571. The quantitative estimate of drug-likeness (QED) is 0.653. The molecular weight excluding hydrogens is 170 g/mol. The van der Waals surface area contributed by atoms with E-state index in [0.29, 0.717) is 5.95 Å². The number of aromatic nitrogens is 4. The minimum Gasteiger partial charge on any atom is -0.372 e. The van der Waals surface area contributed by atoms with Gasteiger partial charge in [0.05, 0.1) is 12.2 Å². The average molecular weight is 183 g/mol. The molecule has 1 N–H and O–H groups in total. The molecule has 0 amide bonds. The van der Waals surface area contributed by atoms with E-state index in [-0.39, 0.29) is 12.2 Å². The van der Waals surface area contributed by atoms with Crippen molar-refractivity contribution in [2.75, 3.05) is 18.0 Å². The smallest absolute Gasteiger partial charge is 0.265 e. The van der Waals surface area contributed by atoms with Crippen LogP contribution in [0.4, 0.5) is 5.95 Å². The molecule has 72 valence electrons. The first-order valence-electron chi connectivity index (χ1n) is 4.39. The van der Waals surface area contributed by atoms with Crippen molar-refractivity contribution < 1.29 is 4.74 Å². The third-order valence-electron chi connectivity index (χ3n) is 2.04. The van der Waals surface area contributed by atoms with E-state index in [1.807, 2.05) is 13.8 Å². The Hall–Kier alpha value is -1.17. The molecule has 0 spiro atoms. The molecule has 1 aliphatic heterocycles. The third-order valence-corrected chi connectivity index (χ3v) is 2.04. The number of ether oxygens (including phenoxy) is 1. The zero-order valence-corrected chi connectivity index (χ0v) is 7.77. The summed E-state index contributed by atoms with van der Waals surface area (Å²) < 4.78 is 5.59. The minimum absolute atomic E-state index is 0.224. The van der Waals surface area contributed by atoms with Crippen molar-refractivity contribution in [3.05, 3.63) is 0 Å². The number of H-pyrrole nitrogens is 1. The highest BCUT2D eigenvalue weighted by atomic mass is 16.5. The van der Waals surface area contributed by atoms with E-state index in [1.165, 1.54) is 0 Å². The van der Waals surface area contributed by atoms with Gasteiger partial charge in [-0.05, 0) is 19.1 Å². The molecule has 1 fully saturated rings. The number of rotatable bonds is 1. The summed E-state index contributed by atoms with van der Waals surface area (Å²) in [5.41, 5.74) is 0. The van der Waals surface area contributed by atoms with Crippen LogP contribution in [0.5, 0.6) is 0 Å². The Morgan fingerprint density at radius 3 is 2.62 bits per heavy atom. The first kappa shape index (κ1) is 8.43. The summed E-state index contributed by atoms with van der Waals surface area (Å²) in [4.78, 5) is 2.07. The van der Waals surface area contributed by atoms with Crippen LogP contribution in [0.25, 0.3) is 0 Å². The molecule has 2 heterocycles. The van der Waals surface area contributed by atoms with Crippen LogP contribution in [-0.2, 0) is 4.74 Å². The Bertz CT molecular complexity index is 252. The number of hydrogen-bond donors (Lipinski definition) is 1. The number of nitrogens with one attached hydrogen (secondary N) is 1. The molecule has 1 aromatic rings. The first-order valence-corrected chi connectivity index (χ1v) is 4.39. The van der Waals surface area contributed by atoms with Crippen molar-refractivity contribution in [2.24, 2.45) is 0 Å². The fourth-order valence-corrected chi connectivity index (χ4v) is 1.63. The Labute approximate surface area is 76.3 Å². The number of hydrogen-bond acceptors (Lipinski definition) is 5. The van der Waals surface area contributed by atoms with Gasteiger partial charge >= 0.3 is 0 Å². The summed E-state index contributed by atoms with van der Waals surface area (Å²) >= 11 is 0. The molecule has 2 rings (SSSR count). The Morgan fingerprint density at radius 2 is 2.08 bits per heavy atom. The molecule has 0 aliphatic carbocycles. The predicted molar refractivity (Wildman–Crippen MR) is 46.4 cm³/mol. The first-order chi connectivity index (χ1) is 6.25. The second-order valence-corrected chi connectivity index (χ2v) is 3.37. The highest BCUT2D eigenvalue weighted by molar-refractivity contribution is 5.27. The maximum absolute atomic E-state index is 5.59. The molecular formula is C7H13N5O. The maximum Gasteiger partial charge on any atom is 0.265 e. The number of aromatic amines is 1. The van der Waals surface area contributed by atoms with Crippen LogP contribution < -0.4 is 4.90 Å². The van der Waals surface area contributed by atoms with Gasteiger partial charge in [0.2, 0.25) is 0 Å². The summed E-state index contributed by atoms with van der Waals surface area (Å²) in [7, 11) is 0. The standard InChI is InChI=1S/C7H13N5O/c1-5-3-12(4-6(2)13-5)7-8-10-11-9-7/h5-6H,3-4H2,1-2H3,(H,8,9,10,11). The van der Waals surface area contributed by atoms with Crippen molar-refractivity contribution in [3.63, 3.8) is 0 Å². The molecule has 13 heavy (non-hydrogen) atoms. The van der Waals surface area contributed by atoms with Crippen molar-refractivity contribution in [1.82, 2.24) is 20.6 Å². The molecule has 0 saturated carbocycles.